The number of sulfonamides is 1. The second kappa shape index (κ2) is 7.81. The maximum atomic E-state index is 13.0. The number of benzene rings is 2. The van der Waals surface area contributed by atoms with Crippen molar-refractivity contribution in [3.63, 3.8) is 0 Å². The van der Waals surface area contributed by atoms with E-state index in [0.717, 1.165) is 11.3 Å². The number of hydrogen-bond donors (Lipinski definition) is 1. The third-order valence-corrected chi connectivity index (χ3v) is 6.93. The SMILES string of the molecule is Cc1ccc(S(=O)(=O)N2CCC[C@H]2C(=O)Nc2cnn(-c3ccccc3)c2)cc1. The standard InChI is InChI=1S/C21H22N4O3S/c1-16-9-11-19(12-10-16)29(27,28)25-13-5-8-20(25)21(26)23-17-14-22-24(15-17)18-6-3-2-4-7-18/h2-4,6-7,9-12,14-15,20H,5,8,13H2,1H3,(H,23,26)/t20-/m0/s1. The van der Waals surface area contributed by atoms with Crippen LogP contribution in [0.3, 0.4) is 0 Å². The first-order valence-electron chi connectivity index (χ1n) is 9.44. The number of nitrogens with one attached hydrogen (secondary N) is 1. The van der Waals surface area contributed by atoms with Gasteiger partial charge in [0.15, 0.2) is 0 Å². The predicted molar refractivity (Wildman–Crippen MR) is 110 cm³/mol. The van der Waals surface area contributed by atoms with Gasteiger partial charge < -0.3 is 5.32 Å². The minimum atomic E-state index is -3.73. The molecule has 7 nitrogen and oxygen atoms in total. The summed E-state index contributed by atoms with van der Waals surface area (Å²) < 4.78 is 29.0. The van der Waals surface area contributed by atoms with Crippen LogP contribution in [0.5, 0.6) is 0 Å². The Bertz CT molecular complexity index is 1110. The molecule has 1 N–H and O–H groups in total. The number of aromatic nitrogens is 2. The number of hydrogen-bond acceptors (Lipinski definition) is 4. The molecule has 0 spiro atoms. The van der Waals surface area contributed by atoms with Crippen molar-refractivity contribution < 1.29 is 13.2 Å². The van der Waals surface area contributed by atoms with Crippen LogP contribution in [0.2, 0.25) is 0 Å². The summed E-state index contributed by atoms with van der Waals surface area (Å²) >= 11 is 0. The Labute approximate surface area is 170 Å². The zero-order valence-corrected chi connectivity index (χ0v) is 16.8. The highest BCUT2D eigenvalue weighted by Crippen LogP contribution is 2.27. The van der Waals surface area contributed by atoms with Gasteiger partial charge in [0.25, 0.3) is 0 Å². The Morgan fingerprint density at radius 3 is 2.55 bits per heavy atom. The van der Waals surface area contributed by atoms with Crippen LogP contribution in [0.1, 0.15) is 18.4 Å². The second-order valence-corrected chi connectivity index (χ2v) is 8.98. The van der Waals surface area contributed by atoms with Gasteiger partial charge in [-0.1, -0.05) is 35.9 Å². The molecule has 2 aromatic carbocycles. The maximum Gasteiger partial charge on any atom is 0.243 e. The van der Waals surface area contributed by atoms with Crippen molar-refractivity contribution in [2.45, 2.75) is 30.7 Å². The molecule has 8 heteroatoms. The summed E-state index contributed by atoms with van der Waals surface area (Å²) in [6, 6.07) is 15.5. The fourth-order valence-corrected chi connectivity index (χ4v) is 5.13. The average molecular weight is 410 g/mol. The third kappa shape index (κ3) is 3.94. The van der Waals surface area contributed by atoms with Gasteiger partial charge in [-0.15, -0.1) is 0 Å². The lowest BCUT2D eigenvalue weighted by Crippen LogP contribution is -2.43. The van der Waals surface area contributed by atoms with Crippen LogP contribution in [-0.4, -0.2) is 41.0 Å². The first-order chi connectivity index (χ1) is 13.9. The lowest BCUT2D eigenvalue weighted by Gasteiger charge is -2.23. The van der Waals surface area contributed by atoms with Gasteiger partial charge in [0.2, 0.25) is 15.9 Å². The molecule has 2 heterocycles. The van der Waals surface area contributed by atoms with Crippen LogP contribution >= 0.6 is 0 Å². The van der Waals surface area contributed by atoms with Crippen molar-refractivity contribution in [2.24, 2.45) is 0 Å². The Kier molecular flexibility index (Phi) is 5.21. The molecule has 1 fully saturated rings. The molecular formula is C21H22N4O3S. The number of amides is 1. The zero-order chi connectivity index (χ0) is 20.4. The van der Waals surface area contributed by atoms with Crippen molar-refractivity contribution in [2.75, 3.05) is 11.9 Å². The third-order valence-electron chi connectivity index (χ3n) is 5.00. The molecule has 1 amide bonds. The monoisotopic (exact) mass is 410 g/mol. The number of para-hydroxylation sites is 1. The van der Waals surface area contributed by atoms with Crippen LogP contribution < -0.4 is 5.32 Å². The molecule has 0 bridgehead atoms. The van der Waals surface area contributed by atoms with E-state index in [1.54, 1.807) is 41.3 Å². The summed E-state index contributed by atoms with van der Waals surface area (Å²) in [5.74, 6) is -0.342. The van der Waals surface area contributed by atoms with Crippen LogP contribution in [0, 0.1) is 6.92 Å². The molecule has 29 heavy (non-hydrogen) atoms. The van der Waals surface area contributed by atoms with Crippen molar-refractivity contribution in [3.05, 3.63) is 72.6 Å². The summed E-state index contributed by atoms with van der Waals surface area (Å²) in [6.45, 7) is 2.23. The molecule has 1 atom stereocenters. The van der Waals surface area contributed by atoms with Gasteiger partial charge in [-0.3, -0.25) is 4.79 Å². The second-order valence-electron chi connectivity index (χ2n) is 7.09. The van der Waals surface area contributed by atoms with Crippen LogP contribution in [0.25, 0.3) is 5.69 Å². The van der Waals surface area contributed by atoms with E-state index in [1.165, 1.54) is 4.31 Å². The topological polar surface area (TPSA) is 84.3 Å². The van der Waals surface area contributed by atoms with Gasteiger partial charge in [0.1, 0.15) is 6.04 Å². The number of aryl methyl sites for hydroxylation is 1. The lowest BCUT2D eigenvalue weighted by atomic mass is 10.2. The molecule has 1 aliphatic rings. The largest absolute Gasteiger partial charge is 0.322 e. The fraction of sp³-hybridized carbons (Fsp3) is 0.238. The minimum absolute atomic E-state index is 0.208. The average Bonchev–Trinajstić information content (AvgIpc) is 3.39. The number of nitrogens with zero attached hydrogens (tertiary/aromatic N) is 3. The summed E-state index contributed by atoms with van der Waals surface area (Å²) in [7, 11) is -3.73. The van der Waals surface area contributed by atoms with E-state index in [0.29, 0.717) is 25.1 Å². The lowest BCUT2D eigenvalue weighted by molar-refractivity contribution is -0.119. The summed E-state index contributed by atoms with van der Waals surface area (Å²) in [5.41, 5.74) is 2.38. The summed E-state index contributed by atoms with van der Waals surface area (Å²) in [6.07, 6.45) is 4.40. The highest BCUT2D eigenvalue weighted by Gasteiger charge is 2.39. The van der Waals surface area contributed by atoms with Crippen molar-refractivity contribution in [3.8, 4) is 5.69 Å². The van der Waals surface area contributed by atoms with Gasteiger partial charge in [-0.2, -0.15) is 9.40 Å². The predicted octanol–water partition coefficient (Wildman–Crippen LogP) is 2.97. The van der Waals surface area contributed by atoms with Gasteiger partial charge in [0.05, 0.1) is 28.7 Å². The van der Waals surface area contributed by atoms with E-state index < -0.39 is 16.1 Å². The molecule has 150 valence electrons. The zero-order valence-electron chi connectivity index (χ0n) is 16.0. The van der Waals surface area contributed by atoms with Crippen molar-refractivity contribution in [1.82, 2.24) is 14.1 Å². The van der Waals surface area contributed by atoms with E-state index in [2.05, 4.69) is 10.4 Å². The van der Waals surface area contributed by atoms with Gasteiger partial charge in [-0.05, 0) is 44.0 Å². The highest BCUT2D eigenvalue weighted by molar-refractivity contribution is 7.89. The number of carbonyl (C=O) groups is 1. The molecule has 0 radical (unpaired) electrons. The summed E-state index contributed by atoms with van der Waals surface area (Å²) in [4.78, 5) is 13.1. The van der Waals surface area contributed by atoms with Crippen molar-refractivity contribution >= 4 is 21.6 Å². The first kappa shape index (κ1) is 19.4. The van der Waals surface area contributed by atoms with Gasteiger partial charge in [0, 0.05) is 6.54 Å². The fourth-order valence-electron chi connectivity index (χ4n) is 3.47. The van der Waals surface area contributed by atoms with Gasteiger partial charge >= 0.3 is 0 Å². The van der Waals surface area contributed by atoms with E-state index in [-0.39, 0.29) is 10.8 Å². The smallest absolute Gasteiger partial charge is 0.243 e. The summed E-state index contributed by atoms with van der Waals surface area (Å²) in [5, 5.41) is 7.07. The maximum absolute atomic E-state index is 13.0. The molecular weight excluding hydrogens is 388 g/mol. The van der Waals surface area contributed by atoms with Crippen LogP contribution in [0.4, 0.5) is 5.69 Å². The Hall–Kier alpha value is -2.97. The minimum Gasteiger partial charge on any atom is -0.322 e. The first-order valence-corrected chi connectivity index (χ1v) is 10.9. The Morgan fingerprint density at radius 1 is 1.10 bits per heavy atom. The van der Waals surface area contributed by atoms with E-state index in [4.69, 9.17) is 0 Å². The number of anilines is 1. The molecule has 0 unspecified atom stereocenters. The van der Waals surface area contributed by atoms with E-state index in [1.807, 2.05) is 37.3 Å². The van der Waals surface area contributed by atoms with E-state index in [9.17, 15) is 13.2 Å². The van der Waals surface area contributed by atoms with E-state index >= 15 is 0 Å². The Morgan fingerprint density at radius 2 is 1.83 bits per heavy atom. The number of carbonyl (C=O) groups excluding carboxylic acids is 1. The van der Waals surface area contributed by atoms with Crippen LogP contribution in [-0.2, 0) is 14.8 Å². The normalized spacial score (nSPS) is 17.3. The highest BCUT2D eigenvalue weighted by atomic mass is 32.2. The molecule has 3 aromatic rings. The quantitative estimate of drug-likeness (QED) is 0.701. The van der Waals surface area contributed by atoms with Crippen LogP contribution in [0.15, 0.2) is 71.9 Å². The molecule has 0 saturated carbocycles. The molecule has 1 saturated heterocycles. The molecule has 1 aliphatic heterocycles. The molecule has 1 aromatic heterocycles. The Balaban J connectivity index is 1.51. The molecule has 4 rings (SSSR count). The molecule has 0 aliphatic carbocycles. The van der Waals surface area contributed by atoms with Crippen molar-refractivity contribution in [1.29, 1.82) is 0 Å². The number of rotatable bonds is 5. The van der Waals surface area contributed by atoms with Gasteiger partial charge in [-0.25, -0.2) is 13.1 Å².